The topological polar surface area (TPSA) is 74.8 Å². The second-order valence-corrected chi connectivity index (χ2v) is 6.40. The van der Waals surface area contributed by atoms with Crippen LogP contribution in [0, 0.1) is 5.82 Å². The highest BCUT2D eigenvalue weighted by Crippen LogP contribution is 2.21. The van der Waals surface area contributed by atoms with Crippen LogP contribution in [0.4, 0.5) is 4.39 Å². The molecule has 23 heavy (non-hydrogen) atoms. The van der Waals surface area contributed by atoms with E-state index in [0.717, 1.165) is 12.8 Å². The number of hydrogen-bond acceptors (Lipinski definition) is 4. The largest absolute Gasteiger partial charge is 0.353 e. The number of carbonyl (C=O) groups is 1. The summed E-state index contributed by atoms with van der Waals surface area (Å²) in [4.78, 5) is 30.4. The van der Waals surface area contributed by atoms with Crippen LogP contribution in [0.5, 0.6) is 0 Å². The summed E-state index contributed by atoms with van der Waals surface area (Å²) in [7, 11) is 0. The number of hydrogen-bond donors (Lipinski definition) is 2. The molecule has 1 heterocycles. The Labute approximate surface area is 136 Å². The Morgan fingerprint density at radius 2 is 2.17 bits per heavy atom. The fourth-order valence-electron chi connectivity index (χ4n) is 2.07. The van der Waals surface area contributed by atoms with Crippen LogP contribution in [0.15, 0.2) is 40.3 Å². The van der Waals surface area contributed by atoms with E-state index in [9.17, 15) is 14.0 Å². The number of aromatic amines is 1. The van der Waals surface area contributed by atoms with Gasteiger partial charge in [-0.3, -0.25) is 9.59 Å². The predicted molar refractivity (Wildman–Crippen MR) is 85.7 cm³/mol. The van der Waals surface area contributed by atoms with Gasteiger partial charge in [0.15, 0.2) is 5.16 Å². The Morgan fingerprint density at radius 3 is 2.91 bits per heavy atom. The van der Waals surface area contributed by atoms with E-state index in [2.05, 4.69) is 15.3 Å². The van der Waals surface area contributed by atoms with Gasteiger partial charge in [0.2, 0.25) is 5.91 Å². The normalized spacial score (nSPS) is 13.8. The van der Waals surface area contributed by atoms with Gasteiger partial charge in [-0.25, -0.2) is 9.37 Å². The van der Waals surface area contributed by atoms with Crippen LogP contribution in [-0.4, -0.2) is 21.9 Å². The molecular formula is C16H16FN3O2S. The third kappa shape index (κ3) is 4.66. The van der Waals surface area contributed by atoms with Gasteiger partial charge in [-0.1, -0.05) is 30.0 Å². The van der Waals surface area contributed by atoms with Gasteiger partial charge in [0, 0.05) is 17.9 Å². The van der Waals surface area contributed by atoms with Crippen molar-refractivity contribution in [3.63, 3.8) is 0 Å². The monoisotopic (exact) mass is 333 g/mol. The van der Waals surface area contributed by atoms with E-state index in [1.54, 1.807) is 18.2 Å². The lowest BCUT2D eigenvalue weighted by atomic mass is 10.2. The van der Waals surface area contributed by atoms with Gasteiger partial charge in [-0.05, 0) is 24.5 Å². The fraction of sp³-hybridized carbons (Fsp3) is 0.312. The van der Waals surface area contributed by atoms with E-state index in [-0.39, 0.29) is 29.7 Å². The Hall–Kier alpha value is -2.15. The first kappa shape index (κ1) is 15.7. The van der Waals surface area contributed by atoms with Crippen molar-refractivity contribution in [1.29, 1.82) is 0 Å². The number of nitrogens with one attached hydrogen (secondary N) is 2. The van der Waals surface area contributed by atoms with Crippen molar-refractivity contribution in [1.82, 2.24) is 15.3 Å². The van der Waals surface area contributed by atoms with Crippen LogP contribution in [0.3, 0.4) is 0 Å². The first-order valence-corrected chi connectivity index (χ1v) is 8.34. The molecule has 1 aliphatic carbocycles. The number of H-pyrrole nitrogens is 1. The van der Waals surface area contributed by atoms with Gasteiger partial charge in [-0.15, -0.1) is 0 Å². The zero-order valence-electron chi connectivity index (χ0n) is 12.3. The molecule has 0 saturated heterocycles. The Morgan fingerprint density at radius 1 is 1.39 bits per heavy atom. The molecule has 1 saturated carbocycles. The molecule has 1 fully saturated rings. The molecule has 0 atom stereocenters. The molecular weight excluding hydrogens is 317 g/mol. The predicted octanol–water partition coefficient (Wildman–Crippen LogP) is 2.02. The smallest absolute Gasteiger partial charge is 0.251 e. The minimum Gasteiger partial charge on any atom is -0.353 e. The highest BCUT2D eigenvalue weighted by atomic mass is 32.2. The summed E-state index contributed by atoms with van der Waals surface area (Å²) in [5.41, 5.74) is 0.644. The van der Waals surface area contributed by atoms with E-state index in [1.165, 1.54) is 23.9 Å². The number of rotatable bonds is 6. The summed E-state index contributed by atoms with van der Waals surface area (Å²) in [6, 6.07) is 8.06. The zero-order chi connectivity index (χ0) is 16.2. The highest BCUT2D eigenvalue weighted by molar-refractivity contribution is 7.98. The van der Waals surface area contributed by atoms with Crippen molar-refractivity contribution >= 4 is 17.7 Å². The number of carbonyl (C=O) groups excluding carboxylic acids is 1. The lowest BCUT2D eigenvalue weighted by Gasteiger charge is -2.06. The van der Waals surface area contributed by atoms with Crippen LogP contribution in [0.2, 0.25) is 0 Å². The SMILES string of the molecule is O=C(Cc1cc(=O)[nH]c(SCc2ccccc2F)n1)NC1CC1. The maximum Gasteiger partial charge on any atom is 0.251 e. The Balaban J connectivity index is 1.66. The fourth-order valence-corrected chi connectivity index (χ4v) is 2.96. The van der Waals surface area contributed by atoms with Crippen molar-refractivity contribution in [2.24, 2.45) is 0 Å². The zero-order valence-corrected chi connectivity index (χ0v) is 13.2. The molecule has 5 nitrogen and oxygen atoms in total. The van der Waals surface area contributed by atoms with Crippen LogP contribution >= 0.6 is 11.8 Å². The Kier molecular flexibility index (Phi) is 4.76. The Bertz CT molecular complexity index is 774. The minimum atomic E-state index is -0.315. The third-order valence-corrected chi connectivity index (χ3v) is 4.30. The maximum absolute atomic E-state index is 13.6. The molecule has 2 N–H and O–H groups in total. The molecule has 0 aliphatic heterocycles. The molecule has 1 aromatic heterocycles. The van der Waals surface area contributed by atoms with E-state index >= 15 is 0 Å². The first-order valence-electron chi connectivity index (χ1n) is 7.36. The number of halogens is 1. The standard InChI is InChI=1S/C16H16FN3O2S/c17-13-4-2-1-3-10(13)9-23-16-19-12(8-15(22)20-16)7-14(21)18-11-5-6-11/h1-4,8,11H,5-7,9H2,(H,18,21)(H,19,20,22). The molecule has 3 rings (SSSR count). The van der Waals surface area contributed by atoms with E-state index in [0.29, 0.717) is 22.2 Å². The third-order valence-electron chi connectivity index (χ3n) is 3.38. The van der Waals surface area contributed by atoms with Crippen LogP contribution < -0.4 is 10.9 Å². The van der Waals surface area contributed by atoms with Gasteiger partial charge in [-0.2, -0.15) is 0 Å². The van der Waals surface area contributed by atoms with E-state index in [1.807, 2.05) is 0 Å². The number of aromatic nitrogens is 2. The van der Waals surface area contributed by atoms with Crippen molar-refractivity contribution in [3.05, 3.63) is 57.8 Å². The molecule has 1 amide bonds. The minimum absolute atomic E-state index is 0.0771. The van der Waals surface area contributed by atoms with E-state index in [4.69, 9.17) is 0 Å². The molecule has 0 radical (unpaired) electrons. The summed E-state index contributed by atoms with van der Waals surface area (Å²) in [6.45, 7) is 0. The summed E-state index contributed by atoms with van der Waals surface area (Å²) < 4.78 is 13.6. The number of thioether (sulfide) groups is 1. The lowest BCUT2D eigenvalue weighted by molar-refractivity contribution is -0.120. The quantitative estimate of drug-likeness (QED) is 0.626. The first-order chi connectivity index (χ1) is 11.1. The second-order valence-electron chi connectivity index (χ2n) is 5.44. The number of benzene rings is 1. The molecule has 0 spiro atoms. The van der Waals surface area contributed by atoms with Gasteiger partial charge in [0.1, 0.15) is 5.82 Å². The summed E-state index contributed by atoms with van der Waals surface area (Å²) >= 11 is 1.23. The number of nitrogens with zero attached hydrogens (tertiary/aromatic N) is 1. The van der Waals surface area contributed by atoms with E-state index < -0.39 is 0 Å². The van der Waals surface area contributed by atoms with Crippen LogP contribution in [-0.2, 0) is 17.0 Å². The molecule has 0 bridgehead atoms. The van der Waals surface area contributed by atoms with Crippen molar-refractivity contribution < 1.29 is 9.18 Å². The van der Waals surface area contributed by atoms with Crippen LogP contribution in [0.25, 0.3) is 0 Å². The average molecular weight is 333 g/mol. The van der Waals surface area contributed by atoms with Gasteiger partial charge in [0.05, 0.1) is 12.1 Å². The summed E-state index contributed by atoms with van der Waals surface area (Å²) in [5, 5.41) is 3.24. The summed E-state index contributed by atoms with van der Waals surface area (Å²) in [6.07, 6.45) is 2.10. The maximum atomic E-state index is 13.6. The molecule has 1 aromatic carbocycles. The van der Waals surface area contributed by atoms with Gasteiger partial charge >= 0.3 is 0 Å². The van der Waals surface area contributed by atoms with Gasteiger partial charge < -0.3 is 10.3 Å². The average Bonchev–Trinajstić information content (AvgIpc) is 3.29. The second kappa shape index (κ2) is 6.95. The van der Waals surface area contributed by atoms with Crippen molar-refractivity contribution in [2.45, 2.75) is 36.2 Å². The van der Waals surface area contributed by atoms with Crippen molar-refractivity contribution in [3.8, 4) is 0 Å². The number of amides is 1. The molecule has 2 aromatic rings. The lowest BCUT2D eigenvalue weighted by Crippen LogP contribution is -2.28. The van der Waals surface area contributed by atoms with Crippen LogP contribution in [0.1, 0.15) is 24.1 Å². The molecule has 0 unspecified atom stereocenters. The van der Waals surface area contributed by atoms with Gasteiger partial charge in [0.25, 0.3) is 5.56 Å². The molecule has 1 aliphatic rings. The highest BCUT2D eigenvalue weighted by Gasteiger charge is 2.23. The molecule has 7 heteroatoms. The van der Waals surface area contributed by atoms with Crippen molar-refractivity contribution in [2.75, 3.05) is 0 Å². The summed E-state index contributed by atoms with van der Waals surface area (Å²) in [5.74, 6) is -0.0640. The molecule has 120 valence electrons.